The molecule has 0 bridgehead atoms. The molecule has 2 heterocycles. The van der Waals surface area contributed by atoms with Crippen LogP contribution in [0.15, 0.2) is 42.6 Å². The van der Waals surface area contributed by atoms with Crippen LogP contribution in [-0.4, -0.2) is 59.8 Å². The summed E-state index contributed by atoms with van der Waals surface area (Å²) in [6.07, 6.45) is 1.58. The molecule has 1 saturated heterocycles. The topological polar surface area (TPSA) is 61.8 Å². The van der Waals surface area contributed by atoms with Crippen LogP contribution >= 0.6 is 0 Å². The van der Waals surface area contributed by atoms with Gasteiger partial charge in [0.1, 0.15) is 5.82 Å². The van der Waals surface area contributed by atoms with E-state index in [1.54, 1.807) is 4.90 Å². The molecule has 2 aromatic rings. The van der Waals surface area contributed by atoms with Gasteiger partial charge in [-0.3, -0.25) is 0 Å². The van der Waals surface area contributed by atoms with Crippen LogP contribution in [0.4, 0.5) is 16.6 Å². The normalized spacial score (nSPS) is 14.3. The zero-order valence-corrected chi connectivity index (χ0v) is 16.9. The molecule has 3 rings (SSSR count). The molecule has 1 fully saturated rings. The van der Waals surface area contributed by atoms with Crippen LogP contribution in [0.3, 0.4) is 0 Å². The molecule has 0 spiro atoms. The number of carbonyl (C=O) groups is 1. The minimum atomic E-state index is -0.237. The van der Waals surface area contributed by atoms with Crippen molar-refractivity contribution < 1.29 is 9.53 Å². The zero-order valence-electron chi connectivity index (χ0n) is 16.9. The number of hydrogen-bond donors (Lipinski definition) is 0. The largest absolute Gasteiger partial charge is 0.450 e. The standard InChI is InChI=1S/C21H29N5O2/c1-4-28-21(27)25-14-12-24(13-15-25)19-10-11-22-20(23-19)26(17(2)3)16-18-8-6-5-7-9-18/h5-11,17H,4,12-16H2,1-3H3. The first-order chi connectivity index (χ1) is 13.6. The summed E-state index contributed by atoms with van der Waals surface area (Å²) < 4.78 is 5.09. The lowest BCUT2D eigenvalue weighted by molar-refractivity contribution is 0.105. The SMILES string of the molecule is CCOC(=O)N1CCN(c2ccnc(N(Cc3ccccc3)C(C)C)n2)CC1. The molecule has 0 unspecified atom stereocenters. The maximum absolute atomic E-state index is 11.9. The van der Waals surface area contributed by atoms with Crippen LogP contribution in [-0.2, 0) is 11.3 Å². The molecule has 1 aliphatic heterocycles. The van der Waals surface area contributed by atoms with Crippen molar-refractivity contribution in [2.24, 2.45) is 0 Å². The number of nitrogens with zero attached hydrogens (tertiary/aromatic N) is 5. The molecular weight excluding hydrogens is 354 g/mol. The first-order valence-corrected chi connectivity index (χ1v) is 9.88. The Labute approximate surface area is 166 Å². The van der Waals surface area contributed by atoms with E-state index in [1.165, 1.54) is 5.56 Å². The van der Waals surface area contributed by atoms with Gasteiger partial charge < -0.3 is 19.4 Å². The first kappa shape index (κ1) is 19.9. The molecule has 0 N–H and O–H groups in total. The maximum Gasteiger partial charge on any atom is 0.409 e. The summed E-state index contributed by atoms with van der Waals surface area (Å²) in [6.45, 7) is 10.0. The molecule has 7 nitrogen and oxygen atoms in total. The van der Waals surface area contributed by atoms with Crippen LogP contribution in [0.25, 0.3) is 0 Å². The lowest BCUT2D eigenvalue weighted by atomic mass is 10.2. The van der Waals surface area contributed by atoms with E-state index in [0.29, 0.717) is 19.7 Å². The van der Waals surface area contributed by atoms with Gasteiger partial charge in [-0.05, 0) is 32.4 Å². The van der Waals surface area contributed by atoms with Crippen LogP contribution in [0.5, 0.6) is 0 Å². The van der Waals surface area contributed by atoms with Gasteiger partial charge in [0.05, 0.1) is 6.61 Å². The lowest BCUT2D eigenvalue weighted by Crippen LogP contribution is -2.49. The molecule has 1 aliphatic rings. The quantitative estimate of drug-likeness (QED) is 0.764. The highest BCUT2D eigenvalue weighted by Gasteiger charge is 2.23. The summed E-state index contributed by atoms with van der Waals surface area (Å²) in [7, 11) is 0. The van der Waals surface area contributed by atoms with Gasteiger partial charge in [-0.1, -0.05) is 30.3 Å². The molecule has 0 aliphatic carbocycles. The second-order valence-corrected chi connectivity index (χ2v) is 7.10. The Balaban J connectivity index is 1.70. The third-order valence-electron chi connectivity index (χ3n) is 4.83. The predicted molar refractivity (Wildman–Crippen MR) is 111 cm³/mol. The second kappa shape index (κ2) is 9.39. The Morgan fingerprint density at radius 3 is 2.50 bits per heavy atom. The average Bonchev–Trinajstić information content (AvgIpc) is 2.73. The molecule has 28 heavy (non-hydrogen) atoms. The van der Waals surface area contributed by atoms with Gasteiger partial charge in [0.2, 0.25) is 5.95 Å². The van der Waals surface area contributed by atoms with E-state index in [2.05, 4.69) is 40.8 Å². The number of anilines is 2. The van der Waals surface area contributed by atoms with Gasteiger partial charge >= 0.3 is 6.09 Å². The summed E-state index contributed by atoms with van der Waals surface area (Å²) in [5.41, 5.74) is 1.23. The van der Waals surface area contributed by atoms with Crippen molar-refractivity contribution in [2.45, 2.75) is 33.4 Å². The second-order valence-electron chi connectivity index (χ2n) is 7.10. The van der Waals surface area contributed by atoms with Crippen LogP contribution in [0, 0.1) is 0 Å². The monoisotopic (exact) mass is 383 g/mol. The Bertz CT molecular complexity index is 760. The lowest BCUT2D eigenvalue weighted by Gasteiger charge is -2.35. The van der Waals surface area contributed by atoms with E-state index >= 15 is 0 Å². The molecule has 0 saturated carbocycles. The van der Waals surface area contributed by atoms with E-state index in [1.807, 2.05) is 37.4 Å². The Morgan fingerprint density at radius 2 is 1.86 bits per heavy atom. The maximum atomic E-state index is 11.9. The molecule has 1 aromatic heterocycles. The Hall–Kier alpha value is -2.83. The number of ether oxygens (including phenoxy) is 1. The van der Waals surface area contributed by atoms with E-state index in [9.17, 15) is 4.79 Å². The number of carbonyl (C=O) groups excluding carboxylic acids is 1. The molecule has 150 valence electrons. The molecular formula is C21H29N5O2. The third-order valence-corrected chi connectivity index (χ3v) is 4.83. The fourth-order valence-corrected chi connectivity index (χ4v) is 3.25. The highest BCUT2D eigenvalue weighted by atomic mass is 16.6. The van der Waals surface area contributed by atoms with Crippen LogP contribution in [0.1, 0.15) is 26.3 Å². The molecule has 0 atom stereocenters. The van der Waals surface area contributed by atoms with E-state index < -0.39 is 0 Å². The smallest absolute Gasteiger partial charge is 0.409 e. The van der Waals surface area contributed by atoms with Gasteiger partial charge in [-0.15, -0.1) is 0 Å². The number of aromatic nitrogens is 2. The molecule has 1 aromatic carbocycles. The van der Waals surface area contributed by atoms with Crippen molar-refractivity contribution >= 4 is 17.9 Å². The fourth-order valence-electron chi connectivity index (χ4n) is 3.25. The molecule has 0 radical (unpaired) electrons. The minimum Gasteiger partial charge on any atom is -0.450 e. The average molecular weight is 383 g/mol. The predicted octanol–water partition coefficient (Wildman–Crippen LogP) is 3.17. The highest BCUT2D eigenvalue weighted by molar-refractivity contribution is 5.68. The fraction of sp³-hybridized carbons (Fsp3) is 0.476. The van der Waals surface area contributed by atoms with Gasteiger partial charge in [-0.2, -0.15) is 4.98 Å². The van der Waals surface area contributed by atoms with Crippen LogP contribution in [0.2, 0.25) is 0 Å². The number of benzene rings is 1. The van der Waals surface area contributed by atoms with Crippen molar-refractivity contribution in [2.75, 3.05) is 42.6 Å². The summed E-state index contributed by atoms with van der Waals surface area (Å²) in [4.78, 5) is 27.4. The molecule has 1 amide bonds. The van der Waals surface area contributed by atoms with Gasteiger partial charge in [-0.25, -0.2) is 9.78 Å². The third kappa shape index (κ3) is 4.91. The highest BCUT2D eigenvalue weighted by Crippen LogP contribution is 2.20. The van der Waals surface area contributed by atoms with Gasteiger partial charge in [0, 0.05) is 45.0 Å². The van der Waals surface area contributed by atoms with E-state index in [4.69, 9.17) is 9.72 Å². The van der Waals surface area contributed by atoms with Gasteiger partial charge in [0.25, 0.3) is 0 Å². The van der Waals surface area contributed by atoms with Gasteiger partial charge in [0.15, 0.2) is 0 Å². The zero-order chi connectivity index (χ0) is 19.9. The van der Waals surface area contributed by atoms with Crippen molar-refractivity contribution in [3.8, 4) is 0 Å². The number of hydrogen-bond acceptors (Lipinski definition) is 6. The van der Waals surface area contributed by atoms with E-state index in [0.717, 1.165) is 31.4 Å². The number of rotatable bonds is 6. The Morgan fingerprint density at radius 1 is 1.14 bits per heavy atom. The van der Waals surface area contributed by atoms with Crippen molar-refractivity contribution in [1.29, 1.82) is 0 Å². The number of piperazine rings is 1. The van der Waals surface area contributed by atoms with E-state index in [-0.39, 0.29) is 12.1 Å². The summed E-state index contributed by atoms with van der Waals surface area (Å²) in [6, 6.07) is 12.6. The summed E-state index contributed by atoms with van der Waals surface area (Å²) >= 11 is 0. The first-order valence-electron chi connectivity index (χ1n) is 9.88. The molecule has 7 heteroatoms. The minimum absolute atomic E-state index is 0.237. The van der Waals surface area contributed by atoms with Crippen molar-refractivity contribution in [3.63, 3.8) is 0 Å². The van der Waals surface area contributed by atoms with Crippen molar-refractivity contribution in [3.05, 3.63) is 48.2 Å². The Kier molecular flexibility index (Phi) is 6.68. The number of amides is 1. The summed E-state index contributed by atoms with van der Waals surface area (Å²) in [5.74, 6) is 1.62. The summed E-state index contributed by atoms with van der Waals surface area (Å²) in [5, 5.41) is 0. The van der Waals surface area contributed by atoms with Crippen LogP contribution < -0.4 is 9.80 Å². The van der Waals surface area contributed by atoms with Crippen molar-refractivity contribution in [1.82, 2.24) is 14.9 Å².